The van der Waals surface area contributed by atoms with Gasteiger partial charge in [-0.2, -0.15) is 13.2 Å². The van der Waals surface area contributed by atoms with Crippen molar-refractivity contribution in [2.45, 2.75) is 38.1 Å². The fraction of sp³-hybridized carbons (Fsp3) is 0.318. The number of halogens is 8. The van der Waals surface area contributed by atoms with Crippen molar-refractivity contribution >= 4 is 25.3 Å². The summed E-state index contributed by atoms with van der Waals surface area (Å²) in [5.74, 6) is -6.56. The van der Waals surface area contributed by atoms with E-state index in [0.29, 0.717) is 12.1 Å². The second kappa shape index (κ2) is 12.4. The number of pyridine rings is 1. The minimum atomic E-state index is -4.84. The number of amides is 1. The first-order valence-electron chi connectivity index (χ1n) is 11.3. The van der Waals surface area contributed by atoms with E-state index >= 15 is 0 Å². The molecule has 1 aromatic carbocycles. The monoisotopic (exact) mass is 633 g/mol. The number of nitrogens with zero attached hydrogens (tertiary/aromatic N) is 4. The van der Waals surface area contributed by atoms with Gasteiger partial charge in [0.25, 0.3) is 0 Å². The zero-order valence-corrected chi connectivity index (χ0v) is 22.1. The van der Waals surface area contributed by atoms with E-state index in [4.69, 9.17) is 36.6 Å². The molecule has 0 fully saturated rings. The average Bonchev–Trinajstić information content (AvgIpc) is 3.22. The van der Waals surface area contributed by atoms with Gasteiger partial charge in [-0.15, -0.1) is 0 Å². The summed E-state index contributed by atoms with van der Waals surface area (Å²) >= 11 is 5.68. The van der Waals surface area contributed by atoms with Gasteiger partial charge >= 0.3 is 14.0 Å². The van der Waals surface area contributed by atoms with Gasteiger partial charge in [-0.3, -0.25) is 4.79 Å². The van der Waals surface area contributed by atoms with Crippen molar-refractivity contribution in [2.75, 3.05) is 6.54 Å². The second-order valence-corrected chi connectivity index (χ2v) is 10.1. The molecule has 3 heterocycles. The summed E-state index contributed by atoms with van der Waals surface area (Å²) < 4.78 is 106. The molecule has 3 aromatic rings. The lowest BCUT2D eigenvalue weighted by Gasteiger charge is -2.30. The molecule has 1 aliphatic heterocycles. The van der Waals surface area contributed by atoms with Gasteiger partial charge in [0, 0.05) is 43.4 Å². The Morgan fingerprint density at radius 2 is 1.71 bits per heavy atom. The van der Waals surface area contributed by atoms with Gasteiger partial charge in [-0.05, 0) is 24.1 Å². The zero-order valence-electron chi connectivity index (χ0n) is 20.4. The summed E-state index contributed by atoms with van der Waals surface area (Å²) in [6.07, 6.45) is -4.38. The molecule has 1 amide bonds. The van der Waals surface area contributed by atoms with Crippen LogP contribution in [0.1, 0.15) is 23.5 Å². The Morgan fingerprint density at radius 3 is 2.32 bits per heavy atom. The SMILES string of the molecule is N[C@@H](CC(=O)N1CCn2c(C(F)(F)F)nc(-c3ccnc(Cl)c3F)c2C1)Cc1cc(F)c(F)cc1F.O=P(O)(O)O. The number of hydrogen-bond acceptors (Lipinski definition) is 5. The highest BCUT2D eigenvalue weighted by Crippen LogP contribution is 2.37. The third-order valence-electron chi connectivity index (χ3n) is 5.72. The van der Waals surface area contributed by atoms with Crippen LogP contribution >= 0.6 is 19.4 Å². The van der Waals surface area contributed by atoms with Gasteiger partial charge in [-0.25, -0.2) is 32.1 Å². The number of hydrogen-bond donors (Lipinski definition) is 4. The van der Waals surface area contributed by atoms with E-state index < -0.39 is 60.2 Å². The lowest BCUT2D eigenvalue weighted by molar-refractivity contribution is -0.148. The second-order valence-electron chi connectivity index (χ2n) is 8.70. The summed E-state index contributed by atoms with van der Waals surface area (Å²) in [6.45, 7) is -0.754. The van der Waals surface area contributed by atoms with Crippen LogP contribution in [0.25, 0.3) is 11.3 Å². The number of aromatic nitrogens is 3. The molecule has 0 spiro atoms. The predicted octanol–water partition coefficient (Wildman–Crippen LogP) is 3.55. The van der Waals surface area contributed by atoms with E-state index in [1.807, 2.05) is 0 Å². The van der Waals surface area contributed by atoms with Crippen molar-refractivity contribution in [3.8, 4) is 11.3 Å². The molecule has 2 aromatic heterocycles. The third-order valence-corrected chi connectivity index (χ3v) is 5.99. The largest absolute Gasteiger partial charge is 0.466 e. The number of nitrogens with two attached hydrogens (primary N) is 1. The normalized spacial score (nSPS) is 14.3. The summed E-state index contributed by atoms with van der Waals surface area (Å²) in [4.78, 5) is 42.8. The van der Waals surface area contributed by atoms with Crippen LogP contribution in [0.5, 0.6) is 0 Å². The van der Waals surface area contributed by atoms with E-state index in [9.17, 15) is 35.5 Å². The lowest BCUT2D eigenvalue weighted by atomic mass is 10.0. The molecule has 4 rings (SSSR count). The average molecular weight is 634 g/mol. The smallest absolute Gasteiger partial charge is 0.335 e. The van der Waals surface area contributed by atoms with E-state index in [2.05, 4.69) is 9.97 Å². The Hall–Kier alpha value is -3.08. The summed E-state index contributed by atoms with van der Waals surface area (Å²) in [6, 6.07) is 1.14. The van der Waals surface area contributed by atoms with Crippen molar-refractivity contribution in [2.24, 2.45) is 5.73 Å². The van der Waals surface area contributed by atoms with E-state index in [0.717, 1.165) is 16.8 Å². The topological polar surface area (TPSA) is 155 Å². The van der Waals surface area contributed by atoms with Crippen molar-refractivity contribution in [1.29, 1.82) is 0 Å². The summed E-state index contributed by atoms with van der Waals surface area (Å²) in [5, 5.41) is -0.554. The molecule has 5 N–H and O–H groups in total. The van der Waals surface area contributed by atoms with E-state index in [1.54, 1.807) is 0 Å². The number of carbonyl (C=O) groups excluding carboxylic acids is 1. The molecule has 0 saturated heterocycles. The number of carbonyl (C=O) groups is 1. The Balaban J connectivity index is 0.000000850. The van der Waals surface area contributed by atoms with E-state index in [1.165, 1.54) is 4.90 Å². The molecule has 19 heteroatoms. The van der Waals surface area contributed by atoms with Gasteiger partial charge in [0.05, 0.1) is 17.9 Å². The van der Waals surface area contributed by atoms with Crippen LogP contribution in [-0.4, -0.2) is 52.6 Å². The molecule has 10 nitrogen and oxygen atoms in total. The van der Waals surface area contributed by atoms with Crippen LogP contribution in [0.4, 0.5) is 30.7 Å². The zero-order chi connectivity index (χ0) is 30.9. The molecular weight excluding hydrogens is 614 g/mol. The molecule has 0 unspecified atom stereocenters. The molecule has 41 heavy (non-hydrogen) atoms. The number of phosphoric acid groups is 1. The quantitative estimate of drug-likeness (QED) is 0.144. The number of benzene rings is 1. The van der Waals surface area contributed by atoms with Crippen LogP contribution in [-0.2, 0) is 35.0 Å². The lowest BCUT2D eigenvalue weighted by Crippen LogP contribution is -2.42. The highest BCUT2D eigenvalue weighted by molar-refractivity contribution is 7.45. The van der Waals surface area contributed by atoms with Crippen molar-refractivity contribution in [3.63, 3.8) is 0 Å². The molecule has 224 valence electrons. The molecule has 0 radical (unpaired) electrons. The van der Waals surface area contributed by atoms with Gasteiger partial charge in [0.2, 0.25) is 11.7 Å². The van der Waals surface area contributed by atoms with Gasteiger partial charge < -0.3 is 29.9 Å². The fourth-order valence-corrected chi connectivity index (χ4v) is 4.20. The van der Waals surface area contributed by atoms with Crippen LogP contribution in [0.2, 0.25) is 5.15 Å². The Morgan fingerprint density at radius 1 is 1.10 bits per heavy atom. The standard InChI is InChI=1S/C22H17ClF7N5O.H3O4P/c23-20-18(27)12(1-2-32-20)19-16-9-34(3-4-35(16)21(33-19)22(28,29)30)17(36)7-11(31)5-10-6-14(25)15(26)8-13(10)24;1-5(2,3)4/h1-2,6,8,11H,3-5,7,9,31H2;(H3,1,2,3,4)/t11-;/m1./s1. The summed E-state index contributed by atoms with van der Waals surface area (Å²) in [5.41, 5.74) is 4.97. The van der Waals surface area contributed by atoms with Crippen molar-refractivity contribution in [1.82, 2.24) is 19.4 Å². The van der Waals surface area contributed by atoms with Crippen LogP contribution < -0.4 is 5.73 Å². The number of fused-ring (bicyclic) bond motifs is 1. The summed E-state index contributed by atoms with van der Waals surface area (Å²) in [7, 11) is -4.64. The number of alkyl halides is 3. The van der Waals surface area contributed by atoms with Crippen molar-refractivity contribution < 1.29 is 54.8 Å². The molecule has 0 saturated carbocycles. The van der Waals surface area contributed by atoms with Gasteiger partial charge in [0.1, 0.15) is 5.82 Å². The first-order chi connectivity index (χ1) is 18.9. The highest BCUT2D eigenvalue weighted by atomic mass is 35.5. The highest BCUT2D eigenvalue weighted by Gasteiger charge is 2.41. The van der Waals surface area contributed by atoms with Crippen molar-refractivity contribution in [3.05, 3.63) is 69.9 Å². The third kappa shape index (κ3) is 8.24. The van der Waals surface area contributed by atoms with Crippen LogP contribution in [0.15, 0.2) is 24.4 Å². The molecule has 0 bridgehead atoms. The number of imidazole rings is 1. The van der Waals surface area contributed by atoms with Crippen LogP contribution in [0, 0.1) is 23.3 Å². The maximum atomic E-state index is 14.6. The van der Waals surface area contributed by atoms with E-state index in [-0.39, 0.29) is 55.0 Å². The first-order valence-corrected chi connectivity index (χ1v) is 13.2. The maximum Gasteiger partial charge on any atom is 0.466 e. The minimum absolute atomic E-state index is 0.0664. The maximum absolute atomic E-state index is 14.6. The van der Waals surface area contributed by atoms with Gasteiger partial charge in [0.15, 0.2) is 22.6 Å². The van der Waals surface area contributed by atoms with Gasteiger partial charge in [-0.1, -0.05) is 11.6 Å². The predicted molar refractivity (Wildman–Crippen MR) is 128 cm³/mol. The Bertz CT molecular complexity index is 1490. The minimum Gasteiger partial charge on any atom is -0.335 e. The molecule has 1 atom stereocenters. The Kier molecular flexibility index (Phi) is 9.83. The first kappa shape index (κ1) is 32.4. The molecule has 0 aliphatic carbocycles. The molecule has 1 aliphatic rings. The fourth-order valence-electron chi connectivity index (χ4n) is 4.04. The molecular formula is C22H20ClF7N5O5P. The number of rotatable bonds is 5. The van der Waals surface area contributed by atoms with Crippen LogP contribution in [0.3, 0.4) is 0 Å². The Labute approximate surface area is 231 Å².